The van der Waals surface area contributed by atoms with E-state index in [4.69, 9.17) is 0 Å². The third-order valence-electron chi connectivity index (χ3n) is 2.55. The zero-order valence-corrected chi connectivity index (χ0v) is 10.7. The van der Waals surface area contributed by atoms with Gasteiger partial charge in [-0.15, -0.1) is 11.3 Å². The molecule has 0 aliphatic rings. The minimum Gasteiger partial charge on any atom is -0.352 e. The Hall–Kier alpha value is -1.69. The van der Waals surface area contributed by atoms with Crippen LogP contribution in [0, 0.1) is 6.92 Å². The van der Waals surface area contributed by atoms with Crippen LogP contribution in [0.3, 0.4) is 0 Å². The van der Waals surface area contributed by atoms with Crippen molar-refractivity contribution in [3.63, 3.8) is 0 Å². The van der Waals surface area contributed by atoms with Gasteiger partial charge in [0.1, 0.15) is 4.83 Å². The van der Waals surface area contributed by atoms with Crippen LogP contribution in [0.2, 0.25) is 0 Å². The van der Waals surface area contributed by atoms with Crippen LogP contribution in [0.1, 0.15) is 22.2 Å². The molecule has 0 spiro atoms. The van der Waals surface area contributed by atoms with E-state index in [-0.39, 0.29) is 11.5 Å². The Labute approximate surface area is 102 Å². The van der Waals surface area contributed by atoms with Crippen molar-refractivity contribution in [3.05, 3.63) is 27.1 Å². The molecule has 0 aliphatic heterocycles. The summed E-state index contributed by atoms with van der Waals surface area (Å²) in [5.74, 6) is -0.143. The standard InChI is InChI=1S/C11H13N3O2S/c1-4-12-9(15)8-6(2)7-10(17-8)13-5-14(3)11(7)16/h5H,4H2,1-3H3,(H,12,15). The molecule has 1 N–H and O–H groups in total. The Morgan fingerprint density at radius 2 is 2.29 bits per heavy atom. The monoisotopic (exact) mass is 251 g/mol. The molecule has 0 unspecified atom stereocenters. The summed E-state index contributed by atoms with van der Waals surface area (Å²) in [5.41, 5.74) is 0.601. The van der Waals surface area contributed by atoms with E-state index in [9.17, 15) is 9.59 Å². The number of rotatable bonds is 2. The average molecular weight is 251 g/mol. The SMILES string of the molecule is CCNC(=O)c1sc2ncn(C)c(=O)c2c1C. The van der Waals surface area contributed by atoms with Crippen LogP contribution in [-0.2, 0) is 7.05 Å². The van der Waals surface area contributed by atoms with Crippen LogP contribution >= 0.6 is 11.3 Å². The topological polar surface area (TPSA) is 64.0 Å². The Morgan fingerprint density at radius 3 is 2.94 bits per heavy atom. The summed E-state index contributed by atoms with van der Waals surface area (Å²) in [4.78, 5) is 29.1. The quantitative estimate of drug-likeness (QED) is 0.867. The number of aromatic nitrogens is 2. The molecule has 0 atom stereocenters. The first kappa shape index (κ1) is 11.8. The normalized spacial score (nSPS) is 10.8. The third kappa shape index (κ3) is 1.84. The number of nitrogens with zero attached hydrogens (tertiary/aromatic N) is 2. The van der Waals surface area contributed by atoms with Crippen LogP contribution in [0.4, 0.5) is 0 Å². The number of amides is 1. The average Bonchev–Trinajstić information content (AvgIpc) is 2.62. The van der Waals surface area contributed by atoms with E-state index in [1.807, 2.05) is 6.92 Å². The lowest BCUT2D eigenvalue weighted by Crippen LogP contribution is -2.22. The first-order chi connectivity index (χ1) is 8.06. The number of hydrogen-bond donors (Lipinski definition) is 1. The predicted molar refractivity (Wildman–Crippen MR) is 67.6 cm³/mol. The number of nitrogens with one attached hydrogen (secondary N) is 1. The summed E-state index contributed by atoms with van der Waals surface area (Å²) in [6, 6.07) is 0. The number of thiophene rings is 1. The highest BCUT2D eigenvalue weighted by molar-refractivity contribution is 7.20. The molecule has 0 radical (unpaired) electrons. The maximum Gasteiger partial charge on any atom is 0.262 e. The molecule has 6 heteroatoms. The van der Waals surface area contributed by atoms with Gasteiger partial charge in [-0.1, -0.05) is 0 Å². The minimum absolute atomic E-state index is 0.112. The molecule has 90 valence electrons. The largest absolute Gasteiger partial charge is 0.352 e. The van der Waals surface area contributed by atoms with Crippen molar-refractivity contribution in [3.8, 4) is 0 Å². The van der Waals surface area contributed by atoms with Gasteiger partial charge in [-0.3, -0.25) is 9.59 Å². The van der Waals surface area contributed by atoms with Crippen molar-refractivity contribution in [2.75, 3.05) is 6.54 Å². The van der Waals surface area contributed by atoms with Gasteiger partial charge in [-0.05, 0) is 19.4 Å². The zero-order chi connectivity index (χ0) is 12.6. The smallest absolute Gasteiger partial charge is 0.262 e. The molecule has 2 aromatic rings. The Kier molecular flexibility index (Phi) is 2.97. The summed E-state index contributed by atoms with van der Waals surface area (Å²) in [6.07, 6.45) is 1.47. The zero-order valence-electron chi connectivity index (χ0n) is 9.90. The van der Waals surface area contributed by atoms with E-state index >= 15 is 0 Å². The lowest BCUT2D eigenvalue weighted by atomic mass is 10.2. The van der Waals surface area contributed by atoms with Crippen LogP contribution in [0.15, 0.2) is 11.1 Å². The fourth-order valence-corrected chi connectivity index (χ4v) is 2.72. The van der Waals surface area contributed by atoms with Crippen molar-refractivity contribution < 1.29 is 4.79 Å². The lowest BCUT2D eigenvalue weighted by molar-refractivity contribution is 0.0959. The molecule has 2 aromatic heterocycles. The van der Waals surface area contributed by atoms with E-state index in [1.165, 1.54) is 22.2 Å². The molecule has 17 heavy (non-hydrogen) atoms. The summed E-state index contributed by atoms with van der Waals surface area (Å²) >= 11 is 1.26. The van der Waals surface area contributed by atoms with Gasteiger partial charge in [0.2, 0.25) is 0 Å². The van der Waals surface area contributed by atoms with Gasteiger partial charge in [-0.2, -0.15) is 0 Å². The first-order valence-corrected chi connectivity index (χ1v) is 6.10. The number of carbonyl (C=O) groups is 1. The van der Waals surface area contributed by atoms with Crippen molar-refractivity contribution in [1.82, 2.24) is 14.9 Å². The van der Waals surface area contributed by atoms with Crippen LogP contribution in [0.25, 0.3) is 10.2 Å². The highest BCUT2D eigenvalue weighted by Gasteiger charge is 2.18. The van der Waals surface area contributed by atoms with E-state index < -0.39 is 0 Å². The number of aryl methyl sites for hydroxylation is 2. The maximum absolute atomic E-state index is 11.9. The highest BCUT2D eigenvalue weighted by atomic mass is 32.1. The molecular formula is C11H13N3O2S. The summed E-state index contributed by atoms with van der Waals surface area (Å²) in [6.45, 7) is 4.21. The first-order valence-electron chi connectivity index (χ1n) is 5.29. The molecule has 0 aromatic carbocycles. The fourth-order valence-electron chi connectivity index (χ4n) is 1.67. The Bertz CT molecular complexity index is 642. The second-order valence-corrected chi connectivity index (χ2v) is 4.76. The van der Waals surface area contributed by atoms with Gasteiger partial charge in [0.25, 0.3) is 11.5 Å². The number of fused-ring (bicyclic) bond motifs is 1. The van der Waals surface area contributed by atoms with Crippen molar-refractivity contribution in [2.24, 2.45) is 7.05 Å². The number of carbonyl (C=O) groups excluding carboxylic acids is 1. The van der Waals surface area contributed by atoms with Gasteiger partial charge in [0.15, 0.2) is 0 Å². The highest BCUT2D eigenvalue weighted by Crippen LogP contribution is 2.26. The molecule has 2 rings (SSSR count). The maximum atomic E-state index is 11.9. The number of hydrogen-bond acceptors (Lipinski definition) is 4. The molecule has 2 heterocycles. The van der Waals surface area contributed by atoms with Crippen molar-refractivity contribution in [2.45, 2.75) is 13.8 Å². The molecule has 0 bridgehead atoms. The van der Waals surface area contributed by atoms with Crippen LogP contribution in [-0.4, -0.2) is 22.0 Å². The molecule has 0 aliphatic carbocycles. The van der Waals surface area contributed by atoms with Gasteiger partial charge in [-0.25, -0.2) is 4.98 Å². The van der Waals surface area contributed by atoms with Crippen molar-refractivity contribution >= 4 is 27.5 Å². The fraction of sp³-hybridized carbons (Fsp3) is 0.364. The van der Waals surface area contributed by atoms with E-state index in [2.05, 4.69) is 10.3 Å². The van der Waals surface area contributed by atoms with Crippen LogP contribution in [0.5, 0.6) is 0 Å². The molecule has 0 fully saturated rings. The Morgan fingerprint density at radius 1 is 1.59 bits per heavy atom. The van der Waals surface area contributed by atoms with Crippen molar-refractivity contribution in [1.29, 1.82) is 0 Å². The molecule has 5 nitrogen and oxygen atoms in total. The minimum atomic E-state index is -0.143. The molecule has 1 amide bonds. The summed E-state index contributed by atoms with van der Waals surface area (Å²) < 4.78 is 1.42. The van der Waals surface area contributed by atoms with Crippen LogP contribution < -0.4 is 10.9 Å². The van der Waals surface area contributed by atoms with E-state index in [0.717, 1.165) is 0 Å². The van der Waals surface area contributed by atoms with E-state index in [1.54, 1.807) is 14.0 Å². The Balaban J connectivity index is 2.70. The molecular weight excluding hydrogens is 238 g/mol. The third-order valence-corrected chi connectivity index (χ3v) is 3.75. The van der Waals surface area contributed by atoms with E-state index in [0.29, 0.717) is 27.2 Å². The summed E-state index contributed by atoms with van der Waals surface area (Å²) in [5, 5.41) is 3.28. The lowest BCUT2D eigenvalue weighted by Gasteiger charge is -1.99. The molecule has 0 saturated heterocycles. The molecule has 0 saturated carbocycles. The van der Waals surface area contributed by atoms with Gasteiger partial charge >= 0.3 is 0 Å². The second-order valence-electron chi connectivity index (χ2n) is 3.76. The summed E-state index contributed by atoms with van der Waals surface area (Å²) in [7, 11) is 1.65. The second kappa shape index (κ2) is 4.29. The van der Waals surface area contributed by atoms with Gasteiger partial charge < -0.3 is 9.88 Å². The van der Waals surface area contributed by atoms with Gasteiger partial charge in [0, 0.05) is 13.6 Å². The van der Waals surface area contributed by atoms with Gasteiger partial charge in [0.05, 0.1) is 16.6 Å². The predicted octanol–water partition coefficient (Wildman–Crippen LogP) is 1.05.